The number of rotatable bonds is 4. The second-order valence-corrected chi connectivity index (χ2v) is 7.00. The van der Waals surface area contributed by atoms with E-state index in [9.17, 15) is 4.79 Å². The van der Waals surface area contributed by atoms with Gasteiger partial charge in [-0.1, -0.05) is 18.2 Å². The number of nitrogens with zero attached hydrogens (tertiary/aromatic N) is 2. The van der Waals surface area contributed by atoms with Crippen LogP contribution in [0.5, 0.6) is 5.75 Å². The first kappa shape index (κ1) is 18.0. The molecule has 0 N–H and O–H groups in total. The molecule has 0 bridgehead atoms. The summed E-state index contributed by atoms with van der Waals surface area (Å²) in [7, 11) is 0. The Morgan fingerprint density at radius 2 is 2.12 bits per heavy atom. The maximum atomic E-state index is 12.9. The highest BCUT2D eigenvalue weighted by molar-refractivity contribution is 5.95. The van der Waals surface area contributed by atoms with E-state index in [2.05, 4.69) is 0 Å². The largest absolute Gasteiger partial charge is 0.491 e. The lowest BCUT2D eigenvalue weighted by Crippen LogP contribution is -2.56. The average molecular weight is 354 g/mol. The number of para-hydroxylation sites is 1. The molecule has 0 radical (unpaired) electrons. The fraction of sp³-hybridized carbons (Fsp3) is 0.400. The molecular weight excluding hydrogens is 332 g/mol. The van der Waals surface area contributed by atoms with Gasteiger partial charge in [0.2, 0.25) is 5.76 Å². The zero-order valence-electron chi connectivity index (χ0n) is 15.2. The van der Waals surface area contributed by atoms with Crippen molar-refractivity contribution in [2.45, 2.75) is 32.5 Å². The zero-order chi connectivity index (χ0) is 18.7. The maximum Gasteiger partial charge on any atom is 0.257 e. The number of carbonyl (C=O) groups is 1. The van der Waals surface area contributed by atoms with Gasteiger partial charge in [-0.05, 0) is 32.9 Å². The van der Waals surface area contributed by atoms with Crippen LogP contribution in [0.25, 0.3) is 0 Å². The van der Waals surface area contributed by atoms with Crippen LogP contribution in [0.15, 0.2) is 40.8 Å². The predicted molar refractivity (Wildman–Crippen MR) is 95.0 cm³/mol. The van der Waals surface area contributed by atoms with Crippen LogP contribution in [0.2, 0.25) is 0 Å². The topological polar surface area (TPSA) is 75.7 Å². The fourth-order valence-electron chi connectivity index (χ4n) is 3.16. The van der Waals surface area contributed by atoms with Gasteiger partial charge in [0.05, 0.1) is 17.7 Å². The Labute approximate surface area is 152 Å². The number of nitriles is 1. The van der Waals surface area contributed by atoms with E-state index in [0.29, 0.717) is 31.0 Å². The molecule has 0 aliphatic carbocycles. The number of benzene rings is 1. The summed E-state index contributed by atoms with van der Waals surface area (Å²) in [4.78, 5) is 14.7. The van der Waals surface area contributed by atoms with Gasteiger partial charge >= 0.3 is 0 Å². The average Bonchev–Trinajstić information content (AvgIpc) is 3.00. The molecule has 1 aromatic carbocycles. The number of amides is 1. The van der Waals surface area contributed by atoms with Crippen LogP contribution in [0.1, 0.15) is 35.7 Å². The third kappa shape index (κ3) is 4.06. The van der Waals surface area contributed by atoms with E-state index in [1.54, 1.807) is 11.8 Å². The first-order valence-corrected chi connectivity index (χ1v) is 8.53. The Kier molecular flexibility index (Phi) is 5.01. The van der Waals surface area contributed by atoms with E-state index in [0.717, 1.165) is 5.75 Å². The van der Waals surface area contributed by atoms with Crippen molar-refractivity contribution in [3.63, 3.8) is 0 Å². The molecule has 0 spiro atoms. The van der Waals surface area contributed by atoms with Crippen molar-refractivity contribution in [2.24, 2.45) is 0 Å². The normalized spacial score (nSPS) is 19.0. The van der Waals surface area contributed by atoms with Crippen LogP contribution in [0.4, 0.5) is 0 Å². The lowest BCUT2D eigenvalue weighted by molar-refractivity contribution is -0.136. The Morgan fingerprint density at radius 1 is 1.38 bits per heavy atom. The molecule has 0 unspecified atom stereocenters. The van der Waals surface area contributed by atoms with Crippen LogP contribution in [0.3, 0.4) is 0 Å². The Morgan fingerprint density at radius 3 is 2.77 bits per heavy atom. The molecule has 1 atom stereocenters. The van der Waals surface area contributed by atoms with Gasteiger partial charge in [-0.3, -0.25) is 4.79 Å². The SMILES string of the molecule is Cc1oc(C#N)cc1C(=O)N1C[C@H](COc2ccccc2)OC(C)(C)C1. The van der Waals surface area contributed by atoms with E-state index < -0.39 is 5.60 Å². The van der Waals surface area contributed by atoms with Crippen LogP contribution < -0.4 is 4.74 Å². The smallest absolute Gasteiger partial charge is 0.257 e. The van der Waals surface area contributed by atoms with Gasteiger partial charge in [0.25, 0.3) is 5.91 Å². The van der Waals surface area contributed by atoms with Gasteiger partial charge in [0, 0.05) is 12.6 Å². The van der Waals surface area contributed by atoms with Crippen molar-refractivity contribution in [1.82, 2.24) is 4.90 Å². The Hall–Kier alpha value is -2.78. The number of carbonyl (C=O) groups excluding carboxylic acids is 1. The number of hydrogen-bond acceptors (Lipinski definition) is 5. The van der Waals surface area contributed by atoms with E-state index in [1.807, 2.05) is 50.2 Å². The van der Waals surface area contributed by atoms with Gasteiger partial charge in [-0.2, -0.15) is 5.26 Å². The molecule has 2 heterocycles. The highest BCUT2D eigenvalue weighted by Crippen LogP contribution is 2.25. The van der Waals surface area contributed by atoms with Crippen LogP contribution in [0, 0.1) is 18.3 Å². The standard InChI is InChI=1S/C20H22N2O4/c1-14-18(9-16(10-21)25-14)19(23)22-11-17(26-20(2,3)13-22)12-24-15-7-5-4-6-8-15/h4-9,17H,11-13H2,1-3H3/t17-/m1/s1. The van der Waals surface area contributed by atoms with E-state index in [1.165, 1.54) is 6.07 Å². The summed E-state index contributed by atoms with van der Waals surface area (Å²) in [5.41, 5.74) is -0.0732. The Balaban J connectivity index is 1.72. The summed E-state index contributed by atoms with van der Waals surface area (Å²) in [6.07, 6.45) is -0.245. The van der Waals surface area contributed by atoms with Crippen molar-refractivity contribution in [3.05, 3.63) is 53.5 Å². The number of ether oxygens (including phenoxy) is 2. The van der Waals surface area contributed by atoms with Crippen molar-refractivity contribution in [2.75, 3.05) is 19.7 Å². The van der Waals surface area contributed by atoms with Gasteiger partial charge in [0.1, 0.15) is 30.3 Å². The fourth-order valence-corrected chi connectivity index (χ4v) is 3.16. The minimum atomic E-state index is -0.492. The second-order valence-electron chi connectivity index (χ2n) is 7.00. The molecular formula is C20H22N2O4. The summed E-state index contributed by atoms with van der Waals surface area (Å²) in [6, 6.07) is 12.9. The minimum absolute atomic E-state index is 0.141. The van der Waals surface area contributed by atoms with Crippen LogP contribution >= 0.6 is 0 Å². The lowest BCUT2D eigenvalue weighted by Gasteiger charge is -2.42. The molecule has 1 aliphatic rings. The van der Waals surface area contributed by atoms with E-state index in [-0.39, 0.29) is 17.8 Å². The number of aryl methyl sites for hydroxylation is 1. The second kappa shape index (κ2) is 7.22. The number of furan rings is 1. The number of morpholine rings is 1. The summed E-state index contributed by atoms with van der Waals surface area (Å²) in [5.74, 6) is 1.20. The molecule has 1 aromatic heterocycles. The van der Waals surface area contributed by atoms with Crippen LogP contribution in [-0.2, 0) is 4.74 Å². The third-order valence-corrected chi connectivity index (χ3v) is 4.21. The van der Waals surface area contributed by atoms with Crippen molar-refractivity contribution in [3.8, 4) is 11.8 Å². The highest BCUT2D eigenvalue weighted by Gasteiger charge is 2.37. The molecule has 6 nitrogen and oxygen atoms in total. The quantitative estimate of drug-likeness (QED) is 0.843. The summed E-state index contributed by atoms with van der Waals surface area (Å²) in [5, 5.41) is 8.97. The molecule has 2 aromatic rings. The molecule has 0 saturated carbocycles. The third-order valence-electron chi connectivity index (χ3n) is 4.21. The Bertz CT molecular complexity index is 820. The number of hydrogen-bond donors (Lipinski definition) is 0. The van der Waals surface area contributed by atoms with Crippen molar-refractivity contribution < 1.29 is 18.7 Å². The molecule has 6 heteroatoms. The first-order valence-electron chi connectivity index (χ1n) is 8.53. The first-order chi connectivity index (χ1) is 12.4. The monoisotopic (exact) mass is 354 g/mol. The van der Waals surface area contributed by atoms with E-state index >= 15 is 0 Å². The molecule has 26 heavy (non-hydrogen) atoms. The molecule has 1 fully saturated rings. The van der Waals surface area contributed by atoms with Gasteiger partial charge in [0.15, 0.2) is 0 Å². The molecule has 1 saturated heterocycles. The summed E-state index contributed by atoms with van der Waals surface area (Å²) >= 11 is 0. The van der Waals surface area contributed by atoms with Gasteiger partial charge in [-0.15, -0.1) is 0 Å². The minimum Gasteiger partial charge on any atom is -0.491 e. The predicted octanol–water partition coefficient (Wildman–Crippen LogP) is 3.16. The highest BCUT2D eigenvalue weighted by atomic mass is 16.5. The van der Waals surface area contributed by atoms with Crippen molar-refractivity contribution >= 4 is 5.91 Å². The summed E-state index contributed by atoms with van der Waals surface area (Å²) < 4.78 is 17.2. The maximum absolute atomic E-state index is 12.9. The zero-order valence-corrected chi connectivity index (χ0v) is 15.2. The van der Waals surface area contributed by atoms with Gasteiger partial charge in [-0.25, -0.2) is 0 Å². The molecule has 1 aliphatic heterocycles. The summed E-state index contributed by atoms with van der Waals surface area (Å²) in [6.45, 7) is 6.82. The van der Waals surface area contributed by atoms with Crippen molar-refractivity contribution in [1.29, 1.82) is 5.26 Å². The molecule has 3 rings (SSSR count). The van der Waals surface area contributed by atoms with E-state index in [4.69, 9.17) is 19.2 Å². The molecule has 1 amide bonds. The van der Waals surface area contributed by atoms with Crippen LogP contribution in [-0.4, -0.2) is 42.2 Å². The molecule has 136 valence electrons. The van der Waals surface area contributed by atoms with Gasteiger partial charge < -0.3 is 18.8 Å². The lowest BCUT2D eigenvalue weighted by atomic mass is 10.0.